The van der Waals surface area contributed by atoms with Gasteiger partial charge in [0.2, 0.25) is 0 Å². The van der Waals surface area contributed by atoms with Crippen LogP contribution < -0.4 is 5.56 Å². The molecule has 0 aliphatic carbocycles. The molecule has 2 heterocycles. The molecule has 6 heteroatoms. The van der Waals surface area contributed by atoms with Crippen LogP contribution in [0.4, 0.5) is 0 Å². The number of nitrogens with zero attached hydrogens (tertiary/aromatic N) is 2. The van der Waals surface area contributed by atoms with E-state index in [2.05, 4.69) is 4.98 Å². The third-order valence-corrected chi connectivity index (χ3v) is 4.66. The molecule has 3 aromatic rings. The Bertz CT molecular complexity index is 1040. The fourth-order valence-corrected chi connectivity index (χ4v) is 3.10. The molecule has 1 atom stereocenters. The molecule has 0 spiro atoms. The highest BCUT2D eigenvalue weighted by molar-refractivity contribution is 5.80. The Balaban J connectivity index is 2.21. The first-order chi connectivity index (χ1) is 12.4. The second-order valence-electron chi connectivity index (χ2n) is 6.24. The third-order valence-electron chi connectivity index (χ3n) is 4.66. The van der Waals surface area contributed by atoms with Crippen LogP contribution in [0.5, 0.6) is 5.75 Å². The first kappa shape index (κ1) is 17.7. The van der Waals surface area contributed by atoms with Crippen molar-refractivity contribution in [3.8, 4) is 5.75 Å². The minimum absolute atomic E-state index is 0.0475. The summed E-state index contributed by atoms with van der Waals surface area (Å²) in [5.41, 5.74) is 2.05. The second-order valence-corrected chi connectivity index (χ2v) is 6.24. The maximum atomic E-state index is 12.8. The van der Waals surface area contributed by atoms with E-state index in [1.165, 1.54) is 17.7 Å². The molecule has 0 amide bonds. The van der Waals surface area contributed by atoms with Crippen LogP contribution in [0.15, 0.2) is 47.4 Å². The number of rotatable bonds is 4. The summed E-state index contributed by atoms with van der Waals surface area (Å²) in [5, 5.41) is 11.3. The van der Waals surface area contributed by atoms with E-state index >= 15 is 0 Å². The largest absolute Gasteiger partial charge is 0.507 e. The zero-order chi connectivity index (χ0) is 18.8. The van der Waals surface area contributed by atoms with E-state index in [1.54, 1.807) is 20.2 Å². The minimum Gasteiger partial charge on any atom is -0.507 e. The Morgan fingerprint density at radius 3 is 2.81 bits per heavy atom. The number of hydrogen-bond acceptors (Lipinski definition) is 5. The van der Waals surface area contributed by atoms with Crippen molar-refractivity contribution in [1.82, 2.24) is 9.55 Å². The summed E-state index contributed by atoms with van der Waals surface area (Å²) in [6.07, 6.45) is 1.66. The van der Waals surface area contributed by atoms with Gasteiger partial charge in [0.1, 0.15) is 5.75 Å². The number of ether oxygens (including phenoxy) is 1. The van der Waals surface area contributed by atoms with Gasteiger partial charge in [-0.3, -0.25) is 14.6 Å². The summed E-state index contributed by atoms with van der Waals surface area (Å²) < 4.78 is 6.26. The number of carbonyl (C=O) groups is 1. The molecule has 0 fully saturated rings. The number of hydrogen-bond donors (Lipinski definition) is 1. The van der Waals surface area contributed by atoms with E-state index in [0.29, 0.717) is 5.69 Å². The van der Waals surface area contributed by atoms with Gasteiger partial charge in [-0.25, -0.2) is 0 Å². The number of esters is 1. The lowest BCUT2D eigenvalue weighted by atomic mass is 9.87. The molecule has 1 N–H and O–H groups in total. The van der Waals surface area contributed by atoms with Crippen LogP contribution >= 0.6 is 0 Å². The van der Waals surface area contributed by atoms with Crippen molar-refractivity contribution < 1.29 is 14.6 Å². The van der Waals surface area contributed by atoms with E-state index < -0.39 is 11.9 Å². The van der Waals surface area contributed by atoms with E-state index in [0.717, 1.165) is 16.5 Å². The molecule has 0 aliphatic rings. The maximum Gasteiger partial charge on any atom is 0.306 e. The Morgan fingerprint density at radius 1 is 1.31 bits per heavy atom. The number of aryl methyl sites for hydroxylation is 1. The number of carbonyl (C=O) groups excluding carboxylic acids is 1. The Kier molecular flexibility index (Phi) is 4.75. The highest BCUT2D eigenvalue weighted by Crippen LogP contribution is 2.33. The molecule has 6 nitrogen and oxygen atoms in total. The molecule has 2 aromatic heterocycles. The van der Waals surface area contributed by atoms with Crippen LogP contribution in [-0.4, -0.2) is 27.7 Å². The van der Waals surface area contributed by atoms with Gasteiger partial charge in [0.15, 0.2) is 0 Å². The van der Waals surface area contributed by atoms with E-state index in [9.17, 15) is 14.7 Å². The summed E-state index contributed by atoms with van der Waals surface area (Å²) in [6.45, 7) is 1.74. The van der Waals surface area contributed by atoms with Crippen molar-refractivity contribution in [3.05, 3.63) is 69.8 Å². The average molecular weight is 352 g/mol. The molecule has 0 bridgehead atoms. The van der Waals surface area contributed by atoms with Crippen molar-refractivity contribution in [1.29, 1.82) is 0 Å². The molecule has 0 radical (unpaired) electrons. The fourth-order valence-electron chi connectivity index (χ4n) is 3.10. The molecule has 0 aliphatic heterocycles. The third kappa shape index (κ3) is 3.18. The van der Waals surface area contributed by atoms with Gasteiger partial charge in [-0.05, 0) is 36.8 Å². The van der Waals surface area contributed by atoms with Gasteiger partial charge in [0.05, 0.1) is 24.6 Å². The number of methoxy groups -OCH3 is 1. The number of aromatic nitrogens is 2. The normalized spacial score (nSPS) is 12.1. The minimum atomic E-state index is -0.619. The molecule has 0 saturated carbocycles. The van der Waals surface area contributed by atoms with Crippen molar-refractivity contribution in [2.45, 2.75) is 19.3 Å². The van der Waals surface area contributed by atoms with Gasteiger partial charge in [0.25, 0.3) is 5.56 Å². The fraction of sp³-hybridized carbons (Fsp3) is 0.250. The monoisotopic (exact) mass is 352 g/mol. The quantitative estimate of drug-likeness (QED) is 0.730. The molecular formula is C20H20N2O4. The van der Waals surface area contributed by atoms with Crippen LogP contribution in [-0.2, 0) is 16.6 Å². The van der Waals surface area contributed by atoms with Gasteiger partial charge in [-0.2, -0.15) is 0 Å². The Labute approximate surface area is 150 Å². The summed E-state index contributed by atoms with van der Waals surface area (Å²) in [7, 11) is 2.94. The average Bonchev–Trinajstić information content (AvgIpc) is 2.64. The smallest absolute Gasteiger partial charge is 0.306 e. The van der Waals surface area contributed by atoms with Crippen LogP contribution in [0.1, 0.15) is 29.2 Å². The highest BCUT2D eigenvalue weighted by atomic mass is 16.5. The lowest BCUT2D eigenvalue weighted by Gasteiger charge is -2.19. The highest BCUT2D eigenvalue weighted by Gasteiger charge is 2.26. The predicted octanol–water partition coefficient (Wildman–Crippen LogP) is 2.64. The summed E-state index contributed by atoms with van der Waals surface area (Å²) in [4.78, 5) is 29.1. The number of benzene rings is 1. The molecule has 1 unspecified atom stereocenters. The molecule has 3 rings (SSSR count). The van der Waals surface area contributed by atoms with Crippen LogP contribution in [0.3, 0.4) is 0 Å². The molecule has 134 valence electrons. The van der Waals surface area contributed by atoms with Gasteiger partial charge < -0.3 is 14.4 Å². The van der Waals surface area contributed by atoms with Crippen molar-refractivity contribution in [2.24, 2.45) is 7.05 Å². The summed E-state index contributed by atoms with van der Waals surface area (Å²) in [6, 6.07) is 10.8. The zero-order valence-corrected chi connectivity index (χ0v) is 14.9. The number of pyridine rings is 2. The first-order valence-corrected chi connectivity index (χ1v) is 8.23. The SMILES string of the molecule is COC(=O)CC(c1ccc2ncccc2c1)c1c(O)cc(C)n(C)c1=O. The lowest BCUT2D eigenvalue weighted by molar-refractivity contribution is -0.140. The topological polar surface area (TPSA) is 81.4 Å². The van der Waals surface area contributed by atoms with Crippen molar-refractivity contribution >= 4 is 16.9 Å². The second kappa shape index (κ2) is 7.00. The Morgan fingerprint density at radius 2 is 2.08 bits per heavy atom. The van der Waals surface area contributed by atoms with Crippen molar-refractivity contribution in [3.63, 3.8) is 0 Å². The number of fused-ring (bicyclic) bond motifs is 1. The van der Waals surface area contributed by atoms with E-state index in [4.69, 9.17) is 4.74 Å². The van der Waals surface area contributed by atoms with Crippen LogP contribution in [0.25, 0.3) is 10.9 Å². The first-order valence-electron chi connectivity index (χ1n) is 8.23. The van der Waals surface area contributed by atoms with Gasteiger partial charge in [-0.1, -0.05) is 12.1 Å². The lowest BCUT2D eigenvalue weighted by Crippen LogP contribution is -2.26. The molecule has 1 aromatic carbocycles. The van der Waals surface area contributed by atoms with Crippen molar-refractivity contribution in [2.75, 3.05) is 7.11 Å². The predicted molar refractivity (Wildman–Crippen MR) is 98.3 cm³/mol. The Hall–Kier alpha value is -3.15. The standard InChI is InChI=1S/C20H20N2O4/c1-12-9-17(23)19(20(25)22(12)2)15(11-18(24)26-3)13-6-7-16-14(10-13)5-4-8-21-16/h4-10,15,23H,11H2,1-3H3. The molecule has 0 saturated heterocycles. The molecule has 26 heavy (non-hydrogen) atoms. The van der Waals surface area contributed by atoms with Gasteiger partial charge in [-0.15, -0.1) is 0 Å². The van der Waals surface area contributed by atoms with E-state index in [-0.39, 0.29) is 23.3 Å². The summed E-state index contributed by atoms with van der Waals surface area (Å²) in [5.74, 6) is -1.19. The summed E-state index contributed by atoms with van der Waals surface area (Å²) >= 11 is 0. The van der Waals surface area contributed by atoms with Crippen LogP contribution in [0.2, 0.25) is 0 Å². The molecular weight excluding hydrogens is 332 g/mol. The maximum absolute atomic E-state index is 12.8. The van der Waals surface area contributed by atoms with Crippen LogP contribution in [0, 0.1) is 6.92 Å². The zero-order valence-electron chi connectivity index (χ0n) is 14.9. The van der Waals surface area contributed by atoms with E-state index in [1.807, 2.05) is 30.3 Å². The van der Waals surface area contributed by atoms with Gasteiger partial charge >= 0.3 is 5.97 Å². The number of aromatic hydroxyl groups is 1. The van der Waals surface area contributed by atoms with Gasteiger partial charge in [0, 0.05) is 30.2 Å².